The summed E-state index contributed by atoms with van der Waals surface area (Å²) < 4.78 is 0. The van der Waals surface area contributed by atoms with Crippen LogP contribution in [-0.2, 0) is 9.59 Å². The van der Waals surface area contributed by atoms with Crippen LogP contribution < -0.4 is 5.32 Å². The fraction of sp³-hybridized carbons (Fsp3) is 0.857. The number of nitrogens with zero attached hydrogens (tertiary/aromatic N) is 1. The fourth-order valence-electron chi connectivity index (χ4n) is 2.97. The Balaban J connectivity index is 1.99. The maximum absolute atomic E-state index is 12.3. The minimum Gasteiger partial charge on any atom is -0.303 e. The highest BCUT2D eigenvalue weighted by atomic mass is 16.2. The van der Waals surface area contributed by atoms with Crippen molar-refractivity contribution in [3.05, 3.63) is 0 Å². The molecule has 18 heavy (non-hydrogen) atoms. The highest BCUT2D eigenvalue weighted by molar-refractivity contribution is 6.05. The van der Waals surface area contributed by atoms with E-state index in [1.165, 1.54) is 6.42 Å². The summed E-state index contributed by atoms with van der Waals surface area (Å²) in [7, 11) is 0. The summed E-state index contributed by atoms with van der Waals surface area (Å²) in [5.74, 6) is 0.0277. The molecule has 0 bridgehead atoms. The van der Waals surface area contributed by atoms with Gasteiger partial charge in [0.2, 0.25) is 11.8 Å². The smallest absolute Gasteiger partial charge is 0.247 e. The number of carbonyl (C=O) groups is 2. The minimum absolute atomic E-state index is 0.00667. The van der Waals surface area contributed by atoms with E-state index in [0.29, 0.717) is 6.42 Å². The van der Waals surface area contributed by atoms with Crippen LogP contribution >= 0.6 is 0 Å². The molecular weight excluding hydrogens is 228 g/mol. The van der Waals surface area contributed by atoms with Gasteiger partial charge in [0.15, 0.2) is 0 Å². The Hall–Kier alpha value is -0.900. The van der Waals surface area contributed by atoms with Crippen molar-refractivity contribution in [3.8, 4) is 0 Å². The number of hydrogen-bond acceptors (Lipinski definition) is 3. The molecule has 1 saturated carbocycles. The topological polar surface area (TPSA) is 49.4 Å². The standard InChI is InChI=1S/C14H24N2O2/c1-3-10(2)15-12-9-13(17)16(14(12)18)11-7-5-4-6-8-11/h10-12,15H,3-9H2,1-2H3. The quantitative estimate of drug-likeness (QED) is 0.777. The van der Waals surface area contributed by atoms with Gasteiger partial charge >= 0.3 is 0 Å². The van der Waals surface area contributed by atoms with Crippen molar-refractivity contribution in [2.24, 2.45) is 0 Å². The summed E-state index contributed by atoms with van der Waals surface area (Å²) in [6.45, 7) is 4.14. The number of amides is 2. The summed E-state index contributed by atoms with van der Waals surface area (Å²) in [6.07, 6.45) is 6.83. The van der Waals surface area contributed by atoms with Gasteiger partial charge in [-0.2, -0.15) is 0 Å². The molecule has 4 nitrogen and oxygen atoms in total. The normalized spacial score (nSPS) is 27.9. The fourth-order valence-corrected chi connectivity index (χ4v) is 2.97. The first-order valence-electron chi connectivity index (χ1n) is 7.25. The average molecular weight is 252 g/mol. The third kappa shape index (κ3) is 2.74. The van der Waals surface area contributed by atoms with Crippen LogP contribution in [0.15, 0.2) is 0 Å². The lowest BCUT2D eigenvalue weighted by atomic mass is 9.94. The van der Waals surface area contributed by atoms with Crippen molar-refractivity contribution in [1.82, 2.24) is 10.2 Å². The summed E-state index contributed by atoms with van der Waals surface area (Å²) in [4.78, 5) is 25.9. The van der Waals surface area contributed by atoms with E-state index < -0.39 is 0 Å². The molecule has 2 amide bonds. The molecule has 0 aromatic rings. The monoisotopic (exact) mass is 252 g/mol. The molecule has 2 aliphatic rings. The van der Waals surface area contributed by atoms with Crippen LogP contribution in [0.5, 0.6) is 0 Å². The average Bonchev–Trinajstić information content (AvgIpc) is 2.65. The van der Waals surface area contributed by atoms with Crippen LogP contribution in [0.3, 0.4) is 0 Å². The van der Waals surface area contributed by atoms with Gasteiger partial charge in [0, 0.05) is 12.1 Å². The first-order valence-corrected chi connectivity index (χ1v) is 7.25. The highest BCUT2D eigenvalue weighted by Gasteiger charge is 2.42. The molecule has 0 aromatic heterocycles. The van der Waals surface area contributed by atoms with Crippen molar-refractivity contribution in [3.63, 3.8) is 0 Å². The molecule has 1 aliphatic heterocycles. The van der Waals surface area contributed by atoms with Gasteiger partial charge in [-0.05, 0) is 26.2 Å². The van der Waals surface area contributed by atoms with Crippen LogP contribution in [0, 0.1) is 0 Å². The molecule has 2 rings (SSSR count). The summed E-state index contributed by atoms with van der Waals surface area (Å²) in [5.41, 5.74) is 0. The zero-order valence-corrected chi connectivity index (χ0v) is 11.4. The Morgan fingerprint density at radius 1 is 1.28 bits per heavy atom. The van der Waals surface area contributed by atoms with Crippen molar-refractivity contribution < 1.29 is 9.59 Å². The molecule has 4 heteroatoms. The first kappa shape index (κ1) is 13.5. The highest BCUT2D eigenvalue weighted by Crippen LogP contribution is 2.27. The number of carbonyl (C=O) groups excluding carboxylic acids is 2. The van der Waals surface area contributed by atoms with Crippen molar-refractivity contribution in [1.29, 1.82) is 0 Å². The Kier molecular flexibility index (Phi) is 4.38. The third-order valence-corrected chi connectivity index (χ3v) is 4.22. The lowest BCUT2D eigenvalue weighted by Gasteiger charge is -2.30. The maximum atomic E-state index is 12.3. The summed E-state index contributed by atoms with van der Waals surface area (Å²) >= 11 is 0. The second-order valence-electron chi connectivity index (χ2n) is 5.63. The molecule has 1 N–H and O–H groups in total. The molecule has 102 valence electrons. The van der Waals surface area contributed by atoms with Gasteiger partial charge in [-0.25, -0.2) is 0 Å². The van der Waals surface area contributed by atoms with Gasteiger partial charge in [0.1, 0.15) is 0 Å². The molecule has 2 atom stereocenters. The van der Waals surface area contributed by atoms with E-state index in [1.807, 2.05) is 0 Å². The van der Waals surface area contributed by atoms with Gasteiger partial charge in [0.25, 0.3) is 0 Å². The number of hydrogen-bond donors (Lipinski definition) is 1. The van der Waals surface area contributed by atoms with Crippen LogP contribution in [0.4, 0.5) is 0 Å². The largest absolute Gasteiger partial charge is 0.303 e. The molecule has 1 aliphatic carbocycles. The molecule has 1 heterocycles. The van der Waals surface area contributed by atoms with E-state index in [1.54, 1.807) is 4.90 Å². The van der Waals surface area contributed by atoms with Gasteiger partial charge in [-0.1, -0.05) is 26.2 Å². The Morgan fingerprint density at radius 2 is 1.94 bits per heavy atom. The first-order chi connectivity index (χ1) is 8.63. The maximum Gasteiger partial charge on any atom is 0.247 e. The summed E-state index contributed by atoms with van der Waals surface area (Å²) in [5, 5.41) is 3.27. The molecular formula is C14H24N2O2. The third-order valence-electron chi connectivity index (χ3n) is 4.22. The Morgan fingerprint density at radius 3 is 2.56 bits per heavy atom. The number of rotatable bonds is 4. The van der Waals surface area contributed by atoms with Crippen LogP contribution in [-0.4, -0.2) is 34.8 Å². The van der Waals surface area contributed by atoms with E-state index >= 15 is 0 Å². The molecule has 2 fully saturated rings. The zero-order chi connectivity index (χ0) is 13.1. The van der Waals surface area contributed by atoms with Crippen molar-refractivity contribution in [2.45, 2.75) is 76.9 Å². The van der Waals surface area contributed by atoms with Gasteiger partial charge in [-0.15, -0.1) is 0 Å². The van der Waals surface area contributed by atoms with Crippen LogP contribution in [0.2, 0.25) is 0 Å². The summed E-state index contributed by atoms with van der Waals surface area (Å²) in [6, 6.07) is 0.176. The lowest BCUT2D eigenvalue weighted by molar-refractivity contribution is -0.142. The predicted octanol–water partition coefficient (Wildman–Crippen LogP) is 1.83. The van der Waals surface area contributed by atoms with Crippen LogP contribution in [0.25, 0.3) is 0 Å². The van der Waals surface area contributed by atoms with Gasteiger partial charge in [-0.3, -0.25) is 14.5 Å². The second-order valence-corrected chi connectivity index (χ2v) is 5.63. The second kappa shape index (κ2) is 5.83. The van der Waals surface area contributed by atoms with Gasteiger partial charge in [0.05, 0.1) is 12.5 Å². The molecule has 0 aromatic carbocycles. The van der Waals surface area contributed by atoms with Crippen molar-refractivity contribution >= 4 is 11.8 Å². The number of nitrogens with one attached hydrogen (secondary N) is 1. The van der Waals surface area contributed by atoms with E-state index in [0.717, 1.165) is 32.1 Å². The van der Waals surface area contributed by atoms with E-state index in [-0.39, 0.29) is 29.9 Å². The number of likely N-dealkylation sites (tertiary alicyclic amines) is 1. The molecule has 0 radical (unpaired) electrons. The Labute approximate surface area is 109 Å². The number of imide groups is 1. The predicted molar refractivity (Wildman–Crippen MR) is 70.0 cm³/mol. The van der Waals surface area contributed by atoms with Crippen LogP contribution in [0.1, 0.15) is 58.8 Å². The van der Waals surface area contributed by atoms with E-state index in [4.69, 9.17) is 0 Å². The molecule has 2 unspecified atom stereocenters. The molecule has 0 spiro atoms. The van der Waals surface area contributed by atoms with Gasteiger partial charge < -0.3 is 5.32 Å². The lowest BCUT2D eigenvalue weighted by Crippen LogP contribution is -2.46. The van der Waals surface area contributed by atoms with E-state index in [9.17, 15) is 9.59 Å². The van der Waals surface area contributed by atoms with Crippen molar-refractivity contribution in [2.75, 3.05) is 0 Å². The SMILES string of the molecule is CCC(C)NC1CC(=O)N(C2CCCCC2)C1=O. The minimum atomic E-state index is -0.283. The van der Waals surface area contributed by atoms with E-state index in [2.05, 4.69) is 19.2 Å². The molecule has 1 saturated heterocycles. The Bertz CT molecular complexity index is 324. The zero-order valence-electron chi connectivity index (χ0n) is 11.4.